The maximum absolute atomic E-state index is 12.2. The first-order valence-corrected chi connectivity index (χ1v) is 8.14. The van der Waals surface area contributed by atoms with E-state index in [0.717, 1.165) is 16.7 Å². The number of thioether (sulfide) groups is 1. The fraction of sp³-hybridized carbons (Fsp3) is 0.250. The normalized spacial score (nSPS) is 15.6. The third-order valence-electron chi connectivity index (χ3n) is 3.03. The molecule has 1 fully saturated rings. The van der Waals surface area contributed by atoms with Gasteiger partial charge in [-0.25, -0.2) is 0 Å². The molecule has 1 heterocycles. The first kappa shape index (κ1) is 18.5. The molecule has 3 amide bonds. The smallest absolute Gasteiger partial charge is 0.326 e. The molecule has 1 aliphatic heterocycles. The molecule has 1 saturated heterocycles. The molecule has 9 heteroatoms. The first-order valence-electron chi connectivity index (χ1n) is 7.33. The van der Waals surface area contributed by atoms with Crippen LogP contribution in [0.5, 0.6) is 5.75 Å². The van der Waals surface area contributed by atoms with Crippen molar-refractivity contribution < 1.29 is 28.7 Å². The van der Waals surface area contributed by atoms with Gasteiger partial charge in [-0.3, -0.25) is 24.1 Å². The summed E-state index contributed by atoms with van der Waals surface area (Å²) < 4.78 is 9.88. The SMILES string of the molecule is CCOC(=O)CN1C(=O)S/C(=C\c2ccc(OCC(N)=O)cc2)C1=O. The minimum Gasteiger partial charge on any atom is -0.484 e. The van der Waals surface area contributed by atoms with E-state index in [9.17, 15) is 19.2 Å². The molecule has 2 N–H and O–H groups in total. The number of amides is 3. The van der Waals surface area contributed by atoms with Crippen molar-refractivity contribution in [3.8, 4) is 5.75 Å². The lowest BCUT2D eigenvalue weighted by atomic mass is 10.2. The number of nitrogens with zero attached hydrogens (tertiary/aromatic N) is 1. The summed E-state index contributed by atoms with van der Waals surface area (Å²) in [5, 5.41) is -0.522. The van der Waals surface area contributed by atoms with Crippen LogP contribution in [0, 0.1) is 0 Å². The van der Waals surface area contributed by atoms with Crippen LogP contribution in [0.2, 0.25) is 0 Å². The monoisotopic (exact) mass is 364 g/mol. The summed E-state index contributed by atoms with van der Waals surface area (Å²) in [6.45, 7) is 1.18. The van der Waals surface area contributed by atoms with Crippen LogP contribution in [0.15, 0.2) is 29.2 Å². The van der Waals surface area contributed by atoms with Crippen molar-refractivity contribution in [3.63, 3.8) is 0 Å². The van der Waals surface area contributed by atoms with Crippen molar-refractivity contribution in [1.29, 1.82) is 0 Å². The summed E-state index contributed by atoms with van der Waals surface area (Å²) in [7, 11) is 0. The van der Waals surface area contributed by atoms with Crippen LogP contribution in [0.25, 0.3) is 6.08 Å². The van der Waals surface area contributed by atoms with Crippen molar-refractivity contribution in [3.05, 3.63) is 34.7 Å². The zero-order chi connectivity index (χ0) is 18.4. The highest BCUT2D eigenvalue weighted by Gasteiger charge is 2.36. The third kappa shape index (κ3) is 5.08. The minimum absolute atomic E-state index is 0.176. The highest BCUT2D eigenvalue weighted by atomic mass is 32.2. The molecule has 0 aromatic heterocycles. The summed E-state index contributed by atoms with van der Waals surface area (Å²) in [5.74, 6) is -1.31. The van der Waals surface area contributed by atoms with Gasteiger partial charge in [0, 0.05) is 0 Å². The van der Waals surface area contributed by atoms with E-state index in [-0.39, 0.29) is 18.1 Å². The van der Waals surface area contributed by atoms with Gasteiger partial charge in [0.15, 0.2) is 6.61 Å². The van der Waals surface area contributed by atoms with Crippen LogP contribution in [0.4, 0.5) is 4.79 Å². The molecule has 8 nitrogen and oxygen atoms in total. The number of rotatable bonds is 7. The molecule has 0 spiro atoms. The minimum atomic E-state index is -0.637. The van der Waals surface area contributed by atoms with Crippen LogP contribution in [-0.2, 0) is 19.1 Å². The predicted molar refractivity (Wildman–Crippen MR) is 90.4 cm³/mol. The van der Waals surface area contributed by atoms with Crippen LogP contribution in [0.3, 0.4) is 0 Å². The number of primary amides is 1. The van der Waals surface area contributed by atoms with Crippen molar-refractivity contribution in [2.45, 2.75) is 6.92 Å². The summed E-state index contributed by atoms with van der Waals surface area (Å²) in [5.41, 5.74) is 5.65. The topological polar surface area (TPSA) is 116 Å². The number of hydrogen-bond donors (Lipinski definition) is 1. The second-order valence-electron chi connectivity index (χ2n) is 4.90. The largest absolute Gasteiger partial charge is 0.484 e. The molecule has 2 rings (SSSR count). The Morgan fingerprint density at radius 2 is 1.92 bits per heavy atom. The van der Waals surface area contributed by atoms with E-state index in [1.807, 2.05) is 0 Å². The quantitative estimate of drug-likeness (QED) is 0.570. The Kier molecular flexibility index (Phi) is 6.18. The van der Waals surface area contributed by atoms with E-state index in [4.69, 9.17) is 15.2 Å². The maximum atomic E-state index is 12.2. The van der Waals surface area contributed by atoms with Crippen molar-refractivity contribution >= 4 is 40.9 Å². The van der Waals surface area contributed by atoms with Gasteiger partial charge in [0.05, 0.1) is 11.5 Å². The molecule has 1 aromatic carbocycles. The second kappa shape index (κ2) is 8.34. The Morgan fingerprint density at radius 3 is 2.52 bits per heavy atom. The standard InChI is InChI=1S/C16H16N2O6S/c1-2-23-14(20)8-18-15(21)12(25-16(18)22)7-10-3-5-11(6-4-10)24-9-13(17)19/h3-7H,2,8-9H2,1H3,(H2,17,19)/b12-7-. The van der Waals surface area contributed by atoms with Gasteiger partial charge in [-0.2, -0.15) is 0 Å². The molecule has 1 aliphatic rings. The van der Waals surface area contributed by atoms with E-state index in [0.29, 0.717) is 11.3 Å². The number of imide groups is 1. The van der Waals surface area contributed by atoms with Crippen LogP contribution >= 0.6 is 11.8 Å². The third-order valence-corrected chi connectivity index (χ3v) is 3.93. The molecule has 25 heavy (non-hydrogen) atoms. The van der Waals surface area contributed by atoms with E-state index < -0.39 is 29.6 Å². The van der Waals surface area contributed by atoms with E-state index in [1.54, 1.807) is 31.2 Å². The first-order chi connectivity index (χ1) is 11.9. The molecule has 1 aromatic rings. The van der Waals surface area contributed by atoms with Crippen LogP contribution in [-0.4, -0.2) is 47.7 Å². The zero-order valence-electron chi connectivity index (χ0n) is 13.4. The van der Waals surface area contributed by atoms with Crippen LogP contribution in [0.1, 0.15) is 12.5 Å². The van der Waals surface area contributed by atoms with E-state index >= 15 is 0 Å². The number of nitrogens with two attached hydrogens (primary N) is 1. The average Bonchev–Trinajstić information content (AvgIpc) is 2.82. The highest BCUT2D eigenvalue weighted by Crippen LogP contribution is 2.32. The van der Waals surface area contributed by atoms with Crippen molar-refractivity contribution in [1.82, 2.24) is 4.90 Å². The molecule has 0 bridgehead atoms. The fourth-order valence-electron chi connectivity index (χ4n) is 1.94. The molecule has 0 saturated carbocycles. The zero-order valence-corrected chi connectivity index (χ0v) is 14.2. The van der Waals surface area contributed by atoms with Gasteiger partial charge in [-0.1, -0.05) is 12.1 Å². The highest BCUT2D eigenvalue weighted by molar-refractivity contribution is 8.18. The van der Waals surface area contributed by atoms with Gasteiger partial charge in [0.25, 0.3) is 17.1 Å². The lowest BCUT2D eigenvalue weighted by molar-refractivity contribution is -0.146. The van der Waals surface area contributed by atoms with Gasteiger partial charge in [-0.05, 0) is 42.5 Å². The predicted octanol–water partition coefficient (Wildman–Crippen LogP) is 1.15. The maximum Gasteiger partial charge on any atom is 0.326 e. The number of ether oxygens (including phenoxy) is 2. The second-order valence-corrected chi connectivity index (χ2v) is 5.89. The molecular formula is C16H16N2O6S. The Hall–Kier alpha value is -2.81. The van der Waals surface area contributed by atoms with Gasteiger partial charge in [-0.15, -0.1) is 0 Å². The van der Waals surface area contributed by atoms with Gasteiger partial charge in [0.2, 0.25) is 0 Å². The Bertz CT molecular complexity index is 729. The number of carbonyl (C=O) groups excluding carboxylic acids is 4. The molecular weight excluding hydrogens is 348 g/mol. The summed E-state index contributed by atoms with van der Waals surface area (Å²) >= 11 is 0.753. The van der Waals surface area contributed by atoms with Gasteiger partial charge < -0.3 is 15.2 Å². The molecule has 0 unspecified atom stereocenters. The van der Waals surface area contributed by atoms with Crippen LogP contribution < -0.4 is 10.5 Å². The van der Waals surface area contributed by atoms with Gasteiger partial charge >= 0.3 is 5.97 Å². The fourth-order valence-corrected chi connectivity index (χ4v) is 2.78. The number of esters is 1. The Labute approximate surface area is 147 Å². The Morgan fingerprint density at radius 1 is 1.24 bits per heavy atom. The van der Waals surface area contributed by atoms with Crippen molar-refractivity contribution in [2.24, 2.45) is 5.73 Å². The molecule has 132 valence electrons. The van der Waals surface area contributed by atoms with E-state index in [2.05, 4.69) is 0 Å². The number of hydrogen-bond acceptors (Lipinski definition) is 7. The summed E-state index contributed by atoms with van der Waals surface area (Å²) in [4.78, 5) is 47.3. The van der Waals surface area contributed by atoms with Gasteiger partial charge in [0.1, 0.15) is 12.3 Å². The number of carbonyl (C=O) groups is 4. The van der Waals surface area contributed by atoms with E-state index in [1.165, 1.54) is 6.08 Å². The lowest BCUT2D eigenvalue weighted by Crippen LogP contribution is -2.34. The molecule has 0 aliphatic carbocycles. The summed E-state index contributed by atoms with van der Waals surface area (Å²) in [6, 6.07) is 6.54. The summed E-state index contributed by atoms with van der Waals surface area (Å²) in [6.07, 6.45) is 1.54. The Balaban J connectivity index is 2.05. The van der Waals surface area contributed by atoms with Crippen molar-refractivity contribution in [2.75, 3.05) is 19.8 Å². The molecule has 0 radical (unpaired) electrons. The average molecular weight is 364 g/mol. The number of benzene rings is 1. The lowest BCUT2D eigenvalue weighted by Gasteiger charge is -2.10. The molecule has 0 atom stereocenters.